The van der Waals surface area contributed by atoms with Crippen LogP contribution in [0.15, 0.2) is 18.2 Å². The Labute approximate surface area is 142 Å². The van der Waals surface area contributed by atoms with Crippen molar-refractivity contribution in [2.45, 2.75) is 44.8 Å². The van der Waals surface area contributed by atoms with Crippen LogP contribution in [0.1, 0.15) is 44.2 Å². The molecule has 3 atom stereocenters. The number of carbonyl (C=O) groups excluding carboxylic acids is 1. The van der Waals surface area contributed by atoms with E-state index in [-0.39, 0.29) is 18.1 Å². The topological polar surface area (TPSA) is 61.8 Å². The molecule has 0 heterocycles. The minimum absolute atomic E-state index is 0.104. The van der Waals surface area contributed by atoms with Crippen molar-refractivity contribution in [2.24, 2.45) is 5.92 Å². The third kappa shape index (κ3) is 4.38. The van der Waals surface area contributed by atoms with Crippen molar-refractivity contribution in [3.63, 3.8) is 0 Å². The van der Waals surface area contributed by atoms with E-state index in [2.05, 4.69) is 5.32 Å². The maximum absolute atomic E-state index is 14.1. The van der Waals surface area contributed by atoms with Gasteiger partial charge in [0.1, 0.15) is 11.6 Å². The number of methoxy groups -OCH3 is 1. The second-order valence-corrected chi connectivity index (χ2v) is 6.52. The number of halogens is 1. The fourth-order valence-corrected chi connectivity index (χ4v) is 3.32. The second kappa shape index (κ2) is 8.33. The first kappa shape index (κ1) is 18.5. The molecule has 1 aromatic carbocycles. The molecule has 2 N–H and O–H groups in total. The highest BCUT2D eigenvalue weighted by atomic mass is 19.1. The Morgan fingerprint density at radius 3 is 2.83 bits per heavy atom. The van der Waals surface area contributed by atoms with Gasteiger partial charge >= 0.3 is 6.03 Å². The number of amides is 2. The first-order valence-electron chi connectivity index (χ1n) is 8.46. The molecule has 2 rings (SSSR count). The van der Waals surface area contributed by atoms with Crippen LogP contribution in [0.5, 0.6) is 5.75 Å². The van der Waals surface area contributed by atoms with Gasteiger partial charge in [-0.1, -0.05) is 18.9 Å². The summed E-state index contributed by atoms with van der Waals surface area (Å²) in [5.41, 5.74) is 0.333. The highest BCUT2D eigenvalue weighted by molar-refractivity contribution is 5.74. The molecule has 1 saturated carbocycles. The summed E-state index contributed by atoms with van der Waals surface area (Å²) in [7, 11) is 3.17. The summed E-state index contributed by atoms with van der Waals surface area (Å²) >= 11 is 0. The molecule has 6 heteroatoms. The molecule has 3 unspecified atom stereocenters. The molecule has 0 saturated heterocycles. The van der Waals surface area contributed by atoms with Crippen LogP contribution in [0.4, 0.5) is 9.18 Å². The lowest BCUT2D eigenvalue weighted by Gasteiger charge is -2.31. The largest absolute Gasteiger partial charge is 0.496 e. The minimum atomic E-state index is -0.521. The summed E-state index contributed by atoms with van der Waals surface area (Å²) in [5.74, 6) is 0.105. The molecule has 134 valence electrons. The van der Waals surface area contributed by atoms with Gasteiger partial charge in [0, 0.05) is 19.5 Å². The summed E-state index contributed by atoms with van der Waals surface area (Å²) in [6.07, 6.45) is 3.49. The maximum atomic E-state index is 14.1. The minimum Gasteiger partial charge on any atom is -0.496 e. The van der Waals surface area contributed by atoms with Gasteiger partial charge in [0.15, 0.2) is 0 Å². The van der Waals surface area contributed by atoms with E-state index in [4.69, 9.17) is 4.74 Å². The lowest BCUT2D eigenvalue weighted by Crippen LogP contribution is -2.43. The van der Waals surface area contributed by atoms with Crippen molar-refractivity contribution < 1.29 is 19.0 Å². The number of nitrogens with zero attached hydrogens (tertiary/aromatic N) is 1. The molecule has 1 fully saturated rings. The smallest absolute Gasteiger partial charge is 0.317 e. The summed E-state index contributed by atoms with van der Waals surface area (Å²) in [5, 5.41) is 12.8. The Kier molecular flexibility index (Phi) is 6.43. The summed E-state index contributed by atoms with van der Waals surface area (Å²) < 4.78 is 19.3. The third-order valence-electron chi connectivity index (χ3n) is 4.73. The number of aliphatic hydroxyl groups is 1. The highest BCUT2D eigenvalue weighted by Gasteiger charge is 2.26. The van der Waals surface area contributed by atoms with Crippen LogP contribution in [0, 0.1) is 11.7 Å². The molecule has 0 radical (unpaired) electrons. The van der Waals surface area contributed by atoms with Gasteiger partial charge in [-0.05, 0) is 31.9 Å². The van der Waals surface area contributed by atoms with Gasteiger partial charge < -0.3 is 20.1 Å². The molecule has 2 amide bonds. The van der Waals surface area contributed by atoms with Crippen LogP contribution < -0.4 is 10.1 Å². The van der Waals surface area contributed by atoms with Gasteiger partial charge in [-0.25, -0.2) is 9.18 Å². The molecular formula is C18H27FN2O3. The SMILES string of the molecule is COc1cccc(F)c1C(C)NC(=O)N(C)CC1CCCCC1O. The van der Waals surface area contributed by atoms with E-state index in [1.807, 2.05) is 0 Å². The quantitative estimate of drug-likeness (QED) is 0.867. The Bertz CT molecular complexity index is 567. The Balaban J connectivity index is 1.98. The van der Waals surface area contributed by atoms with Gasteiger partial charge in [-0.3, -0.25) is 0 Å². The lowest BCUT2D eigenvalue weighted by molar-refractivity contribution is 0.0563. The summed E-state index contributed by atoms with van der Waals surface area (Å²) in [6, 6.07) is 3.78. The second-order valence-electron chi connectivity index (χ2n) is 6.52. The number of ether oxygens (including phenoxy) is 1. The number of urea groups is 1. The number of carbonyl (C=O) groups is 1. The predicted molar refractivity (Wildman–Crippen MR) is 90.5 cm³/mol. The molecule has 0 aromatic heterocycles. The maximum Gasteiger partial charge on any atom is 0.317 e. The zero-order valence-electron chi connectivity index (χ0n) is 14.6. The van der Waals surface area contributed by atoms with E-state index >= 15 is 0 Å². The van der Waals surface area contributed by atoms with Crippen LogP contribution in [0.25, 0.3) is 0 Å². The fraction of sp³-hybridized carbons (Fsp3) is 0.611. The van der Waals surface area contributed by atoms with E-state index in [0.717, 1.165) is 25.7 Å². The van der Waals surface area contributed by atoms with Gasteiger partial charge in [-0.2, -0.15) is 0 Å². The average molecular weight is 338 g/mol. The predicted octanol–water partition coefficient (Wildman–Crippen LogP) is 3.09. The van der Waals surface area contributed by atoms with Crippen LogP contribution in [-0.2, 0) is 0 Å². The molecule has 0 aliphatic heterocycles. The molecular weight excluding hydrogens is 311 g/mol. The first-order valence-corrected chi connectivity index (χ1v) is 8.46. The summed E-state index contributed by atoms with van der Waals surface area (Å²) in [6.45, 7) is 2.22. The van der Waals surface area contributed by atoms with E-state index in [1.54, 1.807) is 31.0 Å². The summed E-state index contributed by atoms with van der Waals surface area (Å²) in [4.78, 5) is 13.9. The van der Waals surface area contributed by atoms with E-state index in [1.165, 1.54) is 13.2 Å². The number of hydrogen-bond donors (Lipinski definition) is 2. The average Bonchev–Trinajstić information content (AvgIpc) is 2.56. The van der Waals surface area contributed by atoms with Crippen molar-refractivity contribution in [3.05, 3.63) is 29.6 Å². The molecule has 5 nitrogen and oxygen atoms in total. The van der Waals surface area contributed by atoms with Crippen molar-refractivity contribution in [1.29, 1.82) is 0 Å². The normalized spacial score (nSPS) is 21.9. The van der Waals surface area contributed by atoms with Crippen LogP contribution >= 0.6 is 0 Å². The van der Waals surface area contributed by atoms with Crippen LogP contribution in [-0.4, -0.2) is 42.8 Å². The van der Waals surface area contributed by atoms with Gasteiger partial charge in [-0.15, -0.1) is 0 Å². The number of aliphatic hydroxyl groups excluding tert-OH is 1. The van der Waals surface area contributed by atoms with Crippen LogP contribution in [0.3, 0.4) is 0 Å². The Morgan fingerprint density at radius 1 is 1.46 bits per heavy atom. The standard InChI is InChI=1S/C18H27FN2O3/c1-12(17-14(19)8-6-10-16(17)24-3)20-18(23)21(2)11-13-7-4-5-9-15(13)22/h6,8,10,12-13,15,22H,4-5,7,9,11H2,1-3H3,(H,20,23). The van der Waals surface area contributed by atoms with Gasteiger partial charge in [0.25, 0.3) is 0 Å². The van der Waals surface area contributed by atoms with Crippen molar-refractivity contribution in [3.8, 4) is 5.75 Å². The molecule has 1 aliphatic carbocycles. The molecule has 0 bridgehead atoms. The van der Waals surface area contributed by atoms with Crippen LogP contribution in [0.2, 0.25) is 0 Å². The van der Waals surface area contributed by atoms with E-state index < -0.39 is 11.9 Å². The van der Waals surface area contributed by atoms with Gasteiger partial charge in [0.2, 0.25) is 0 Å². The van der Waals surface area contributed by atoms with Crippen molar-refractivity contribution >= 4 is 6.03 Å². The highest BCUT2D eigenvalue weighted by Crippen LogP contribution is 2.28. The van der Waals surface area contributed by atoms with Gasteiger partial charge in [0.05, 0.1) is 24.8 Å². The number of rotatable bonds is 5. The van der Waals surface area contributed by atoms with E-state index in [0.29, 0.717) is 17.9 Å². The molecule has 24 heavy (non-hydrogen) atoms. The van der Waals surface area contributed by atoms with Crippen molar-refractivity contribution in [2.75, 3.05) is 20.7 Å². The number of hydrogen-bond acceptors (Lipinski definition) is 3. The zero-order valence-corrected chi connectivity index (χ0v) is 14.6. The Morgan fingerprint density at radius 2 is 2.17 bits per heavy atom. The molecule has 1 aliphatic rings. The molecule has 0 spiro atoms. The zero-order chi connectivity index (χ0) is 17.7. The lowest BCUT2D eigenvalue weighted by atomic mass is 9.86. The van der Waals surface area contributed by atoms with E-state index in [9.17, 15) is 14.3 Å². The number of nitrogens with one attached hydrogen (secondary N) is 1. The third-order valence-corrected chi connectivity index (χ3v) is 4.73. The monoisotopic (exact) mass is 338 g/mol. The first-order chi connectivity index (χ1) is 11.4. The Hall–Kier alpha value is -1.82. The fourth-order valence-electron chi connectivity index (χ4n) is 3.32. The number of benzene rings is 1. The molecule has 1 aromatic rings. The van der Waals surface area contributed by atoms with Crippen molar-refractivity contribution in [1.82, 2.24) is 10.2 Å².